The Balaban J connectivity index is 0.000000252. The van der Waals surface area contributed by atoms with Gasteiger partial charge in [-0.2, -0.15) is 0 Å². The van der Waals surface area contributed by atoms with Gasteiger partial charge >= 0.3 is 6.09 Å². The summed E-state index contributed by atoms with van der Waals surface area (Å²) in [6.07, 6.45) is 3.05. The molecule has 4 N–H and O–H groups in total. The highest BCUT2D eigenvalue weighted by atomic mass is 32.1. The van der Waals surface area contributed by atoms with Gasteiger partial charge in [-0.25, -0.2) is 9.78 Å². The van der Waals surface area contributed by atoms with E-state index in [1.165, 1.54) is 16.0 Å². The Labute approximate surface area is 214 Å². The van der Waals surface area contributed by atoms with Crippen molar-refractivity contribution in [2.75, 3.05) is 83.6 Å². The molecule has 0 aliphatic carbocycles. The van der Waals surface area contributed by atoms with Gasteiger partial charge in [0.2, 0.25) is 0 Å². The van der Waals surface area contributed by atoms with Crippen LogP contribution >= 0.6 is 11.3 Å². The summed E-state index contributed by atoms with van der Waals surface area (Å²) < 4.78 is 5.45. The number of carboxylic acid groups (broad SMARTS) is 1. The summed E-state index contributed by atoms with van der Waals surface area (Å²) in [5.74, 6) is 0. The van der Waals surface area contributed by atoms with Gasteiger partial charge in [0, 0.05) is 101 Å². The molecule has 0 atom stereocenters. The van der Waals surface area contributed by atoms with Gasteiger partial charge in [-0.3, -0.25) is 9.88 Å². The molecule has 3 aromatic rings. The molecule has 6 rings (SSSR count). The minimum Gasteiger partial charge on any atom is -0.465 e. The van der Waals surface area contributed by atoms with Crippen LogP contribution in [0, 0.1) is 0 Å². The number of morpholine rings is 1. The topological polar surface area (TPSA) is 122 Å². The standard InChI is InChI=1S/C19H24N6OS.C5H10N2O2/c1-2-21-18(17-12-22-19(27-17)25-5-3-20-4-6-25)15-11-14(23-16(1)15)13-24-7-9-26-10-8-24;8-5(9)7-3-1-6-2-4-7/h1-2,11-12,20,23H,3-10,13H2;6H,1-4H2,(H,8,9). The van der Waals surface area contributed by atoms with E-state index in [1.54, 1.807) is 11.3 Å². The van der Waals surface area contributed by atoms with Crippen LogP contribution < -0.4 is 15.5 Å². The summed E-state index contributed by atoms with van der Waals surface area (Å²) in [4.78, 5) is 30.5. The number of carbonyl (C=O) groups is 1. The zero-order valence-electron chi connectivity index (χ0n) is 20.4. The molecule has 3 fully saturated rings. The van der Waals surface area contributed by atoms with Crippen LogP contribution in [-0.2, 0) is 11.3 Å². The minimum absolute atomic E-state index is 0.620. The second kappa shape index (κ2) is 12.0. The lowest BCUT2D eigenvalue weighted by atomic mass is 10.2. The highest BCUT2D eigenvalue weighted by molar-refractivity contribution is 7.19. The van der Waals surface area contributed by atoms with Crippen LogP contribution in [-0.4, -0.2) is 115 Å². The van der Waals surface area contributed by atoms with Crippen LogP contribution in [0.4, 0.5) is 9.93 Å². The fraction of sp³-hybridized carbons (Fsp3) is 0.542. The summed E-state index contributed by atoms with van der Waals surface area (Å²) in [6, 6.07) is 4.30. The lowest BCUT2D eigenvalue weighted by Gasteiger charge is -2.26. The Morgan fingerprint density at radius 3 is 2.44 bits per heavy atom. The number of pyridine rings is 1. The van der Waals surface area contributed by atoms with Gasteiger partial charge in [0.05, 0.1) is 23.8 Å². The number of nitrogens with one attached hydrogen (secondary N) is 3. The number of hydrogen-bond acceptors (Lipinski definition) is 9. The van der Waals surface area contributed by atoms with Crippen molar-refractivity contribution in [1.29, 1.82) is 0 Å². The van der Waals surface area contributed by atoms with E-state index in [0.29, 0.717) is 13.1 Å². The SMILES string of the molecule is O=C(O)N1CCNCC1.c1cc2[nH]c(CN3CCOCC3)cc2c(-c2cnc(N3CCNCC3)s2)n1. The number of aromatic amines is 1. The van der Waals surface area contributed by atoms with Crippen molar-refractivity contribution < 1.29 is 14.6 Å². The fourth-order valence-electron chi connectivity index (χ4n) is 4.63. The smallest absolute Gasteiger partial charge is 0.407 e. The maximum atomic E-state index is 10.3. The lowest BCUT2D eigenvalue weighted by molar-refractivity contribution is 0.0337. The van der Waals surface area contributed by atoms with Crippen molar-refractivity contribution in [3.8, 4) is 10.6 Å². The number of ether oxygens (including phenoxy) is 1. The molecule has 36 heavy (non-hydrogen) atoms. The van der Waals surface area contributed by atoms with Crippen molar-refractivity contribution >= 4 is 33.5 Å². The molecule has 3 aliphatic rings. The van der Waals surface area contributed by atoms with E-state index in [1.807, 2.05) is 12.4 Å². The fourth-order valence-corrected chi connectivity index (χ4v) is 5.60. The average molecular weight is 515 g/mol. The number of anilines is 1. The van der Waals surface area contributed by atoms with Crippen LogP contribution in [0.5, 0.6) is 0 Å². The highest BCUT2D eigenvalue weighted by Gasteiger charge is 2.18. The number of piperazine rings is 2. The zero-order chi connectivity index (χ0) is 24.7. The van der Waals surface area contributed by atoms with Gasteiger partial charge in [0.1, 0.15) is 0 Å². The van der Waals surface area contributed by atoms with Crippen LogP contribution in [0.1, 0.15) is 5.69 Å². The van der Waals surface area contributed by atoms with E-state index >= 15 is 0 Å². The molecule has 11 nitrogen and oxygen atoms in total. The first-order valence-electron chi connectivity index (χ1n) is 12.5. The lowest BCUT2D eigenvalue weighted by Crippen LogP contribution is -2.45. The van der Waals surface area contributed by atoms with Crippen LogP contribution in [0.2, 0.25) is 0 Å². The van der Waals surface area contributed by atoms with E-state index in [2.05, 4.69) is 47.5 Å². The number of nitrogens with zero attached hydrogens (tertiary/aromatic N) is 5. The molecule has 1 amide bonds. The van der Waals surface area contributed by atoms with E-state index in [0.717, 1.165) is 93.3 Å². The molecule has 0 spiro atoms. The molecule has 0 bridgehead atoms. The van der Waals surface area contributed by atoms with Crippen LogP contribution in [0.15, 0.2) is 24.5 Å². The molecule has 6 heterocycles. The highest BCUT2D eigenvalue weighted by Crippen LogP contribution is 2.34. The molecule has 0 aromatic carbocycles. The van der Waals surface area contributed by atoms with Gasteiger partial charge in [-0.15, -0.1) is 0 Å². The molecule has 3 aromatic heterocycles. The van der Waals surface area contributed by atoms with Gasteiger partial charge in [-0.05, 0) is 12.1 Å². The maximum absolute atomic E-state index is 10.3. The summed E-state index contributed by atoms with van der Waals surface area (Å²) in [6.45, 7) is 11.4. The summed E-state index contributed by atoms with van der Waals surface area (Å²) in [5.41, 5.74) is 3.39. The van der Waals surface area contributed by atoms with E-state index in [-0.39, 0.29) is 0 Å². The van der Waals surface area contributed by atoms with Crippen molar-refractivity contribution in [2.24, 2.45) is 0 Å². The Hall–Kier alpha value is -2.77. The Bertz CT molecular complexity index is 1130. The maximum Gasteiger partial charge on any atom is 0.407 e. The molecular formula is C24H34N8O3S. The first kappa shape index (κ1) is 24.9. The van der Waals surface area contributed by atoms with Crippen molar-refractivity contribution in [2.45, 2.75) is 6.54 Å². The first-order valence-corrected chi connectivity index (χ1v) is 13.4. The Kier molecular flexibility index (Phi) is 8.29. The number of thiazole rings is 1. The third-order valence-electron chi connectivity index (χ3n) is 6.60. The summed E-state index contributed by atoms with van der Waals surface area (Å²) >= 11 is 1.74. The second-order valence-electron chi connectivity index (χ2n) is 9.07. The molecule has 12 heteroatoms. The Morgan fingerprint density at radius 1 is 1.03 bits per heavy atom. The normalized spacial score (nSPS) is 19.2. The first-order chi connectivity index (χ1) is 17.7. The predicted octanol–water partition coefficient (Wildman–Crippen LogP) is 1.50. The van der Waals surface area contributed by atoms with Crippen molar-refractivity contribution in [3.05, 3.63) is 30.2 Å². The summed E-state index contributed by atoms with van der Waals surface area (Å²) in [5, 5.41) is 17.2. The van der Waals surface area contributed by atoms with Crippen molar-refractivity contribution in [3.63, 3.8) is 0 Å². The molecule has 3 aliphatic heterocycles. The van der Waals surface area contributed by atoms with Gasteiger partial charge in [0.15, 0.2) is 5.13 Å². The predicted molar refractivity (Wildman–Crippen MR) is 141 cm³/mol. The zero-order valence-corrected chi connectivity index (χ0v) is 21.2. The molecular weight excluding hydrogens is 480 g/mol. The number of amides is 1. The molecule has 0 radical (unpaired) electrons. The monoisotopic (exact) mass is 514 g/mol. The average Bonchev–Trinajstić information content (AvgIpc) is 3.58. The molecule has 3 saturated heterocycles. The summed E-state index contributed by atoms with van der Waals surface area (Å²) in [7, 11) is 0. The number of aromatic nitrogens is 3. The van der Waals surface area contributed by atoms with Crippen LogP contribution in [0.3, 0.4) is 0 Å². The van der Waals surface area contributed by atoms with Gasteiger partial charge in [-0.1, -0.05) is 11.3 Å². The molecule has 0 saturated carbocycles. The molecule has 0 unspecified atom stereocenters. The third-order valence-corrected chi connectivity index (χ3v) is 7.67. The van der Waals surface area contributed by atoms with E-state index in [9.17, 15) is 4.79 Å². The van der Waals surface area contributed by atoms with E-state index < -0.39 is 6.09 Å². The largest absolute Gasteiger partial charge is 0.465 e. The second-order valence-corrected chi connectivity index (χ2v) is 10.1. The van der Waals surface area contributed by atoms with E-state index in [4.69, 9.17) is 9.84 Å². The number of hydrogen-bond donors (Lipinski definition) is 4. The van der Waals surface area contributed by atoms with Gasteiger partial charge in [0.25, 0.3) is 0 Å². The van der Waals surface area contributed by atoms with Crippen molar-refractivity contribution in [1.82, 2.24) is 35.4 Å². The third kappa shape index (κ3) is 6.13. The quantitative estimate of drug-likeness (QED) is 0.410. The number of H-pyrrole nitrogens is 1. The minimum atomic E-state index is -0.809. The number of rotatable bonds is 4. The Morgan fingerprint density at radius 2 is 1.75 bits per heavy atom. The molecule has 194 valence electrons. The number of fused-ring (bicyclic) bond motifs is 1. The van der Waals surface area contributed by atoms with Gasteiger partial charge < -0.3 is 35.3 Å². The van der Waals surface area contributed by atoms with Crippen LogP contribution in [0.25, 0.3) is 21.5 Å².